The van der Waals surface area contributed by atoms with E-state index >= 15 is 0 Å². The molecule has 1 heterocycles. The molecule has 2 saturated carbocycles. The third-order valence-electron chi connectivity index (χ3n) is 4.08. The van der Waals surface area contributed by atoms with Crippen LogP contribution in [0.3, 0.4) is 0 Å². The second-order valence-electron chi connectivity index (χ2n) is 5.71. The fourth-order valence-corrected chi connectivity index (χ4v) is 2.59. The average molecular weight is 277 g/mol. The lowest BCUT2D eigenvalue weighted by atomic mass is 9.89. The maximum Gasteiger partial charge on any atom is 0.148 e. The molecule has 1 aromatic rings. The molecule has 1 aromatic heterocycles. The summed E-state index contributed by atoms with van der Waals surface area (Å²) in [5.41, 5.74) is 3.66. The molecule has 0 aliphatic heterocycles. The average Bonchev–Trinajstić information content (AvgIpc) is 3.22. The summed E-state index contributed by atoms with van der Waals surface area (Å²) in [5, 5.41) is 3.51. The summed E-state index contributed by atoms with van der Waals surface area (Å²) in [6.45, 7) is 4.82. The van der Waals surface area contributed by atoms with E-state index in [1.54, 1.807) is 0 Å². The number of nitrogens with one attached hydrogen (secondary N) is 2. The first-order valence-electron chi connectivity index (χ1n) is 7.44. The van der Waals surface area contributed by atoms with E-state index < -0.39 is 0 Å². The Hall–Kier alpha value is -1.40. The molecule has 4 N–H and O–H groups in total. The SMILES string of the molecule is CCOC1CC(Nc2nc(C3CC3)nc(NN)c2C)C1. The maximum absolute atomic E-state index is 5.59. The minimum Gasteiger partial charge on any atom is -0.378 e. The lowest BCUT2D eigenvalue weighted by Gasteiger charge is -2.36. The Balaban J connectivity index is 1.70. The fourth-order valence-electron chi connectivity index (χ4n) is 2.59. The molecule has 0 amide bonds. The highest BCUT2D eigenvalue weighted by Gasteiger charge is 2.32. The molecule has 110 valence electrons. The van der Waals surface area contributed by atoms with Crippen LogP contribution in [0, 0.1) is 6.92 Å². The van der Waals surface area contributed by atoms with Crippen molar-refractivity contribution in [1.82, 2.24) is 9.97 Å². The van der Waals surface area contributed by atoms with Gasteiger partial charge in [0.15, 0.2) is 0 Å². The summed E-state index contributed by atoms with van der Waals surface area (Å²) in [7, 11) is 0. The highest BCUT2D eigenvalue weighted by atomic mass is 16.5. The van der Waals surface area contributed by atoms with Crippen molar-refractivity contribution < 1.29 is 4.74 Å². The summed E-state index contributed by atoms with van der Waals surface area (Å²) < 4.78 is 5.59. The fraction of sp³-hybridized carbons (Fsp3) is 0.714. The number of aromatic nitrogens is 2. The van der Waals surface area contributed by atoms with Crippen molar-refractivity contribution >= 4 is 11.6 Å². The molecule has 2 aliphatic rings. The number of ether oxygens (including phenoxy) is 1. The van der Waals surface area contributed by atoms with Crippen molar-refractivity contribution in [1.29, 1.82) is 0 Å². The number of hydrogen-bond acceptors (Lipinski definition) is 6. The number of nitrogens with zero attached hydrogens (tertiary/aromatic N) is 2. The zero-order chi connectivity index (χ0) is 14.1. The van der Waals surface area contributed by atoms with Crippen molar-refractivity contribution in [3.05, 3.63) is 11.4 Å². The quantitative estimate of drug-likeness (QED) is 0.544. The molecule has 20 heavy (non-hydrogen) atoms. The van der Waals surface area contributed by atoms with Gasteiger partial charge in [-0.1, -0.05) is 0 Å². The number of rotatable bonds is 6. The number of hydrogen-bond donors (Lipinski definition) is 3. The van der Waals surface area contributed by atoms with E-state index in [1.165, 1.54) is 12.8 Å². The van der Waals surface area contributed by atoms with E-state index in [4.69, 9.17) is 10.6 Å². The summed E-state index contributed by atoms with van der Waals surface area (Å²) in [6, 6.07) is 0.442. The van der Waals surface area contributed by atoms with Crippen molar-refractivity contribution in [2.75, 3.05) is 17.3 Å². The molecule has 0 saturated heterocycles. The van der Waals surface area contributed by atoms with Gasteiger partial charge in [-0.3, -0.25) is 0 Å². The number of nitrogen functional groups attached to an aromatic ring is 1. The van der Waals surface area contributed by atoms with Gasteiger partial charge in [-0.15, -0.1) is 0 Å². The van der Waals surface area contributed by atoms with Crippen molar-refractivity contribution in [3.63, 3.8) is 0 Å². The Morgan fingerprint density at radius 2 is 1.95 bits per heavy atom. The number of nitrogens with two attached hydrogens (primary N) is 1. The molecule has 2 aliphatic carbocycles. The zero-order valence-electron chi connectivity index (χ0n) is 12.1. The molecule has 0 radical (unpaired) electrons. The molecule has 3 rings (SSSR count). The molecule has 2 fully saturated rings. The van der Waals surface area contributed by atoms with Crippen LogP contribution in [-0.4, -0.2) is 28.7 Å². The third-order valence-corrected chi connectivity index (χ3v) is 4.08. The predicted molar refractivity (Wildman–Crippen MR) is 78.6 cm³/mol. The van der Waals surface area contributed by atoms with Crippen LogP contribution in [0.15, 0.2) is 0 Å². The van der Waals surface area contributed by atoms with Crippen LogP contribution in [-0.2, 0) is 4.74 Å². The number of hydrazine groups is 1. The third kappa shape index (κ3) is 2.71. The molecule has 0 aromatic carbocycles. The molecular formula is C14H23N5O. The van der Waals surface area contributed by atoms with Crippen LogP contribution >= 0.6 is 0 Å². The molecule has 6 nitrogen and oxygen atoms in total. The van der Waals surface area contributed by atoms with Crippen LogP contribution in [0.25, 0.3) is 0 Å². The maximum atomic E-state index is 5.59. The van der Waals surface area contributed by atoms with Crippen molar-refractivity contribution in [2.45, 2.75) is 57.6 Å². The summed E-state index contributed by atoms with van der Waals surface area (Å²) in [6.07, 6.45) is 4.85. The van der Waals surface area contributed by atoms with Gasteiger partial charge in [0.2, 0.25) is 0 Å². The second-order valence-corrected chi connectivity index (χ2v) is 5.71. The van der Waals surface area contributed by atoms with E-state index in [2.05, 4.69) is 20.7 Å². The minimum atomic E-state index is 0.398. The lowest BCUT2D eigenvalue weighted by Crippen LogP contribution is -2.41. The standard InChI is InChI=1S/C14H23N5O/c1-3-20-11-6-10(7-11)16-12-8(2)13(19-15)18-14(17-12)9-4-5-9/h9-11H,3-7,15H2,1-2H3,(H2,16,17,18,19). The first-order valence-corrected chi connectivity index (χ1v) is 7.44. The van der Waals surface area contributed by atoms with Gasteiger partial charge in [0.1, 0.15) is 17.5 Å². The monoisotopic (exact) mass is 277 g/mol. The van der Waals surface area contributed by atoms with Gasteiger partial charge in [0.25, 0.3) is 0 Å². The van der Waals surface area contributed by atoms with Gasteiger partial charge in [-0.25, -0.2) is 15.8 Å². The Bertz CT molecular complexity index is 483. The molecule has 0 bridgehead atoms. The van der Waals surface area contributed by atoms with Crippen LogP contribution in [0.1, 0.15) is 49.9 Å². The Labute approximate surface area is 119 Å². The highest BCUT2D eigenvalue weighted by Crippen LogP contribution is 2.40. The van der Waals surface area contributed by atoms with Crippen molar-refractivity contribution in [2.24, 2.45) is 5.84 Å². The minimum absolute atomic E-state index is 0.398. The zero-order valence-corrected chi connectivity index (χ0v) is 12.1. The van der Waals surface area contributed by atoms with E-state index in [0.717, 1.165) is 42.5 Å². The summed E-state index contributed by atoms with van der Waals surface area (Å²) in [5.74, 6) is 8.62. The Morgan fingerprint density at radius 3 is 2.55 bits per heavy atom. The topological polar surface area (TPSA) is 85.1 Å². The first-order chi connectivity index (χ1) is 9.71. The summed E-state index contributed by atoms with van der Waals surface area (Å²) >= 11 is 0. The summed E-state index contributed by atoms with van der Waals surface area (Å²) in [4.78, 5) is 9.17. The van der Waals surface area contributed by atoms with E-state index in [0.29, 0.717) is 18.1 Å². The van der Waals surface area contributed by atoms with Gasteiger partial charge in [0, 0.05) is 24.1 Å². The lowest BCUT2D eigenvalue weighted by molar-refractivity contribution is 0.00291. The molecule has 0 unspecified atom stereocenters. The normalized spacial score (nSPS) is 25.1. The van der Waals surface area contributed by atoms with E-state index in [1.807, 2.05) is 13.8 Å². The van der Waals surface area contributed by atoms with Crippen LogP contribution in [0.5, 0.6) is 0 Å². The second kappa shape index (κ2) is 5.54. The van der Waals surface area contributed by atoms with Gasteiger partial charge < -0.3 is 15.5 Å². The molecule has 0 atom stereocenters. The van der Waals surface area contributed by atoms with Gasteiger partial charge in [-0.2, -0.15) is 0 Å². The van der Waals surface area contributed by atoms with Crippen LogP contribution in [0.4, 0.5) is 11.6 Å². The smallest absolute Gasteiger partial charge is 0.148 e. The number of anilines is 2. The Kier molecular flexibility index (Phi) is 3.76. The van der Waals surface area contributed by atoms with E-state index in [9.17, 15) is 0 Å². The van der Waals surface area contributed by atoms with Gasteiger partial charge in [-0.05, 0) is 39.5 Å². The van der Waals surface area contributed by atoms with Crippen molar-refractivity contribution in [3.8, 4) is 0 Å². The Morgan fingerprint density at radius 1 is 1.25 bits per heavy atom. The predicted octanol–water partition coefficient (Wildman–Crippen LogP) is 1.93. The molecule has 6 heteroatoms. The largest absolute Gasteiger partial charge is 0.378 e. The van der Waals surface area contributed by atoms with E-state index in [-0.39, 0.29) is 0 Å². The van der Waals surface area contributed by atoms with Gasteiger partial charge in [0.05, 0.1) is 6.10 Å². The van der Waals surface area contributed by atoms with Crippen LogP contribution in [0.2, 0.25) is 0 Å². The molecular weight excluding hydrogens is 254 g/mol. The first kappa shape index (κ1) is 13.6. The van der Waals surface area contributed by atoms with Crippen LogP contribution < -0.4 is 16.6 Å². The molecule has 0 spiro atoms. The highest BCUT2D eigenvalue weighted by molar-refractivity contribution is 5.57. The van der Waals surface area contributed by atoms with Gasteiger partial charge >= 0.3 is 0 Å².